The summed E-state index contributed by atoms with van der Waals surface area (Å²) in [5.74, 6) is 0. The molecule has 106 valence electrons. The maximum atomic E-state index is 11.5. The van der Waals surface area contributed by atoms with Crippen molar-refractivity contribution in [1.29, 1.82) is 0 Å². The van der Waals surface area contributed by atoms with Gasteiger partial charge in [-0.15, -0.1) is 0 Å². The van der Waals surface area contributed by atoms with Crippen LogP contribution in [0.3, 0.4) is 0 Å². The van der Waals surface area contributed by atoms with Crippen molar-refractivity contribution in [2.45, 2.75) is 46.1 Å². The Bertz CT molecular complexity index is 387. The van der Waals surface area contributed by atoms with E-state index >= 15 is 0 Å². The lowest BCUT2D eigenvalue weighted by Crippen LogP contribution is -2.45. The molecule has 0 aliphatic rings. The average molecular weight is 266 g/mol. The van der Waals surface area contributed by atoms with Crippen LogP contribution in [0.25, 0.3) is 0 Å². The minimum Gasteiger partial charge on any atom is -0.444 e. The maximum absolute atomic E-state index is 11.5. The van der Waals surface area contributed by atoms with Gasteiger partial charge in [0.1, 0.15) is 11.8 Å². The van der Waals surface area contributed by atoms with E-state index in [1.165, 1.54) is 0 Å². The second kappa shape index (κ2) is 7.11. The van der Waals surface area contributed by atoms with Gasteiger partial charge in [0.05, 0.1) is 6.61 Å². The smallest absolute Gasteiger partial charge is 0.408 e. The van der Waals surface area contributed by atoms with Gasteiger partial charge in [-0.1, -0.05) is 30.3 Å². The normalized spacial score (nSPS) is 12.8. The third-order valence-electron chi connectivity index (χ3n) is 2.08. The lowest BCUT2D eigenvalue weighted by molar-refractivity contribution is -0.00604. The number of hydrogen-bond donors (Lipinski definition) is 2. The van der Waals surface area contributed by atoms with E-state index in [9.17, 15) is 4.79 Å². The average Bonchev–Trinajstić information content (AvgIpc) is 2.27. The van der Waals surface area contributed by atoms with Crippen molar-refractivity contribution in [3.63, 3.8) is 0 Å². The number of benzene rings is 1. The van der Waals surface area contributed by atoms with Crippen LogP contribution in [0.15, 0.2) is 30.3 Å². The van der Waals surface area contributed by atoms with Crippen molar-refractivity contribution >= 4 is 6.09 Å². The van der Waals surface area contributed by atoms with Gasteiger partial charge in [-0.3, -0.25) is 4.84 Å². The van der Waals surface area contributed by atoms with Gasteiger partial charge in [-0.2, -0.15) is 5.48 Å². The van der Waals surface area contributed by atoms with Crippen LogP contribution in [0.2, 0.25) is 0 Å². The summed E-state index contributed by atoms with van der Waals surface area (Å²) < 4.78 is 5.13. The molecule has 1 aromatic rings. The van der Waals surface area contributed by atoms with Gasteiger partial charge < -0.3 is 10.1 Å². The summed E-state index contributed by atoms with van der Waals surface area (Å²) in [4.78, 5) is 16.8. The first kappa shape index (κ1) is 15.5. The first-order chi connectivity index (χ1) is 8.87. The van der Waals surface area contributed by atoms with Crippen molar-refractivity contribution in [3.8, 4) is 0 Å². The van der Waals surface area contributed by atoms with Crippen LogP contribution < -0.4 is 10.8 Å². The standard InChI is InChI=1S/C14H22N2O3/c1-11(15-13(17)19-14(2,3)4)16-18-10-12-8-6-5-7-9-12/h5-9,11,16H,10H2,1-4H3,(H,15,17). The molecule has 0 aromatic heterocycles. The van der Waals surface area contributed by atoms with Gasteiger partial charge in [0, 0.05) is 0 Å². The molecule has 1 unspecified atom stereocenters. The number of amides is 1. The number of hydrogen-bond acceptors (Lipinski definition) is 4. The first-order valence-corrected chi connectivity index (χ1v) is 6.27. The van der Waals surface area contributed by atoms with Crippen molar-refractivity contribution < 1.29 is 14.4 Å². The zero-order chi connectivity index (χ0) is 14.3. The molecular weight excluding hydrogens is 244 g/mol. The lowest BCUT2D eigenvalue weighted by Gasteiger charge is -2.22. The Kier molecular flexibility index (Phi) is 5.79. The van der Waals surface area contributed by atoms with E-state index in [-0.39, 0.29) is 6.17 Å². The van der Waals surface area contributed by atoms with E-state index in [4.69, 9.17) is 9.57 Å². The van der Waals surface area contributed by atoms with Gasteiger partial charge >= 0.3 is 6.09 Å². The highest BCUT2D eigenvalue weighted by molar-refractivity contribution is 5.67. The van der Waals surface area contributed by atoms with E-state index in [1.54, 1.807) is 6.92 Å². The van der Waals surface area contributed by atoms with E-state index in [2.05, 4.69) is 10.8 Å². The highest BCUT2D eigenvalue weighted by Crippen LogP contribution is 2.06. The summed E-state index contributed by atoms with van der Waals surface area (Å²) >= 11 is 0. The van der Waals surface area contributed by atoms with Crippen LogP contribution in [-0.4, -0.2) is 17.9 Å². The quantitative estimate of drug-likeness (QED) is 0.635. The maximum Gasteiger partial charge on any atom is 0.408 e. The fraction of sp³-hybridized carbons (Fsp3) is 0.500. The van der Waals surface area contributed by atoms with Crippen LogP contribution in [0.4, 0.5) is 4.79 Å². The first-order valence-electron chi connectivity index (χ1n) is 6.27. The molecule has 0 spiro atoms. The van der Waals surface area contributed by atoms with Crippen molar-refractivity contribution in [2.24, 2.45) is 0 Å². The monoisotopic (exact) mass is 266 g/mol. The zero-order valence-electron chi connectivity index (χ0n) is 11.9. The largest absolute Gasteiger partial charge is 0.444 e. The molecule has 0 aliphatic carbocycles. The molecule has 5 nitrogen and oxygen atoms in total. The van der Waals surface area contributed by atoms with E-state index in [0.29, 0.717) is 6.61 Å². The second-order valence-corrected chi connectivity index (χ2v) is 5.26. The van der Waals surface area contributed by atoms with Crippen molar-refractivity contribution in [3.05, 3.63) is 35.9 Å². The molecule has 0 saturated heterocycles. The number of ether oxygens (including phenoxy) is 1. The number of nitrogens with one attached hydrogen (secondary N) is 2. The molecule has 1 atom stereocenters. The molecule has 19 heavy (non-hydrogen) atoms. The summed E-state index contributed by atoms with van der Waals surface area (Å²) in [6.07, 6.45) is -0.811. The predicted octanol–water partition coefficient (Wildman–Crippen LogP) is 2.58. The van der Waals surface area contributed by atoms with Crippen molar-refractivity contribution in [2.75, 3.05) is 0 Å². The Hall–Kier alpha value is -1.59. The van der Waals surface area contributed by atoms with Gasteiger partial charge in [-0.05, 0) is 33.3 Å². The van der Waals surface area contributed by atoms with Gasteiger partial charge in [0.25, 0.3) is 0 Å². The zero-order valence-corrected chi connectivity index (χ0v) is 11.9. The van der Waals surface area contributed by atoms with E-state index in [1.807, 2.05) is 51.1 Å². The minimum atomic E-state index is -0.505. The number of rotatable bonds is 5. The highest BCUT2D eigenvalue weighted by Gasteiger charge is 2.17. The third kappa shape index (κ3) is 7.43. The Labute approximate surface area is 114 Å². The molecule has 5 heteroatoms. The summed E-state index contributed by atoms with van der Waals surface area (Å²) in [5.41, 5.74) is 3.29. The van der Waals surface area contributed by atoms with E-state index < -0.39 is 11.7 Å². The molecule has 0 aliphatic heterocycles. The van der Waals surface area contributed by atoms with Crippen LogP contribution in [0, 0.1) is 0 Å². The minimum absolute atomic E-state index is 0.335. The van der Waals surface area contributed by atoms with Crippen molar-refractivity contribution in [1.82, 2.24) is 10.8 Å². The lowest BCUT2D eigenvalue weighted by atomic mass is 10.2. The van der Waals surface area contributed by atoms with Gasteiger partial charge in [0.15, 0.2) is 0 Å². The Balaban J connectivity index is 2.21. The van der Waals surface area contributed by atoms with Crippen LogP contribution in [0.5, 0.6) is 0 Å². The highest BCUT2D eigenvalue weighted by atomic mass is 16.6. The molecule has 0 fully saturated rings. The molecule has 0 radical (unpaired) electrons. The SMILES string of the molecule is CC(NOCc1ccccc1)NC(=O)OC(C)(C)C. The molecule has 1 rings (SSSR count). The number of alkyl carbamates (subject to hydrolysis) is 1. The fourth-order valence-electron chi connectivity index (χ4n) is 1.34. The van der Waals surface area contributed by atoms with Gasteiger partial charge in [-0.25, -0.2) is 4.79 Å². The van der Waals surface area contributed by atoms with Crippen LogP contribution >= 0.6 is 0 Å². The third-order valence-corrected chi connectivity index (χ3v) is 2.08. The second-order valence-electron chi connectivity index (χ2n) is 5.26. The summed E-state index contributed by atoms with van der Waals surface area (Å²) in [5, 5.41) is 2.63. The summed E-state index contributed by atoms with van der Waals surface area (Å²) in [7, 11) is 0. The molecule has 2 N–H and O–H groups in total. The number of hydroxylamine groups is 1. The molecule has 1 aromatic carbocycles. The molecule has 1 amide bonds. The molecular formula is C14H22N2O3. The molecule has 0 bridgehead atoms. The van der Waals surface area contributed by atoms with Crippen LogP contribution in [-0.2, 0) is 16.2 Å². The van der Waals surface area contributed by atoms with Crippen LogP contribution in [0.1, 0.15) is 33.3 Å². The van der Waals surface area contributed by atoms with E-state index in [0.717, 1.165) is 5.56 Å². The summed E-state index contributed by atoms with van der Waals surface area (Å²) in [6, 6.07) is 9.77. The van der Waals surface area contributed by atoms with Gasteiger partial charge in [0.2, 0.25) is 0 Å². The fourth-order valence-corrected chi connectivity index (χ4v) is 1.34. The molecule has 0 saturated carbocycles. The Morgan fingerprint density at radius 3 is 2.47 bits per heavy atom. The molecule has 0 heterocycles. The summed E-state index contributed by atoms with van der Waals surface area (Å²) in [6.45, 7) is 7.65. The topological polar surface area (TPSA) is 59.6 Å². The predicted molar refractivity (Wildman–Crippen MR) is 73.2 cm³/mol. The Morgan fingerprint density at radius 2 is 1.89 bits per heavy atom. The number of carbonyl (C=O) groups excluding carboxylic acids is 1. The number of carbonyl (C=O) groups is 1. The Morgan fingerprint density at radius 1 is 1.26 bits per heavy atom.